The minimum atomic E-state index is -1.44. The van der Waals surface area contributed by atoms with Gasteiger partial charge in [-0.25, -0.2) is 12.9 Å². The zero-order valence-corrected chi connectivity index (χ0v) is 22.6. The number of alkyl halides is 1. The molecule has 0 radical (unpaired) electrons. The van der Waals surface area contributed by atoms with Crippen LogP contribution in [0.15, 0.2) is 66.0 Å². The summed E-state index contributed by atoms with van der Waals surface area (Å²) in [6.07, 6.45) is 4.41. The molecule has 38 heavy (non-hydrogen) atoms. The Balaban J connectivity index is 1.29. The molecule has 1 unspecified atom stereocenters. The van der Waals surface area contributed by atoms with Crippen molar-refractivity contribution >= 4 is 33.5 Å². The van der Waals surface area contributed by atoms with E-state index in [0.717, 1.165) is 11.1 Å². The van der Waals surface area contributed by atoms with Crippen LogP contribution in [0.3, 0.4) is 0 Å². The Labute approximate surface area is 223 Å². The Kier molecular flexibility index (Phi) is 7.02. The second-order valence-electron chi connectivity index (χ2n) is 10.5. The summed E-state index contributed by atoms with van der Waals surface area (Å²) in [4.78, 5) is 17.6. The zero-order valence-electron chi connectivity index (χ0n) is 21.8. The van der Waals surface area contributed by atoms with Crippen molar-refractivity contribution < 1.29 is 18.1 Å². The highest BCUT2D eigenvalue weighted by Gasteiger charge is 2.31. The monoisotopic (exact) mass is 535 g/mol. The molecule has 0 bridgehead atoms. The van der Waals surface area contributed by atoms with Crippen molar-refractivity contribution in [2.45, 2.75) is 50.7 Å². The van der Waals surface area contributed by atoms with Gasteiger partial charge in [-0.15, -0.1) is 0 Å². The smallest absolute Gasteiger partial charge is 0.228 e. The molecule has 0 aliphatic carbocycles. The lowest BCUT2D eigenvalue weighted by Crippen LogP contribution is -2.48. The van der Waals surface area contributed by atoms with E-state index in [0.29, 0.717) is 33.0 Å². The third-order valence-corrected chi connectivity index (χ3v) is 7.71. The second kappa shape index (κ2) is 10.3. The van der Waals surface area contributed by atoms with Gasteiger partial charge < -0.3 is 10.1 Å². The first-order valence-electron chi connectivity index (χ1n) is 12.4. The molecule has 3 heterocycles. The largest absolute Gasteiger partial charge is 0.456 e. The van der Waals surface area contributed by atoms with Crippen LogP contribution in [0.25, 0.3) is 10.9 Å². The second-order valence-corrected chi connectivity index (χ2v) is 11.9. The van der Waals surface area contributed by atoms with Gasteiger partial charge in [0, 0.05) is 30.9 Å². The number of hydrogen-bond donors (Lipinski definition) is 1. The number of rotatable bonds is 7. The van der Waals surface area contributed by atoms with Crippen molar-refractivity contribution in [1.29, 1.82) is 0 Å². The summed E-state index contributed by atoms with van der Waals surface area (Å²) in [7, 11) is -1.44. The van der Waals surface area contributed by atoms with Crippen molar-refractivity contribution in [3.63, 3.8) is 0 Å². The number of aromatic nitrogens is 3. The lowest BCUT2D eigenvalue weighted by atomic mass is 10.1. The molecule has 10 heteroatoms. The Bertz CT molecular complexity index is 1520. The zero-order chi connectivity index (χ0) is 27.0. The van der Waals surface area contributed by atoms with Crippen LogP contribution in [-0.2, 0) is 27.7 Å². The number of halogens is 1. The van der Waals surface area contributed by atoms with Crippen LogP contribution in [0.5, 0.6) is 11.5 Å². The molecule has 1 N–H and O–H groups in total. The third-order valence-electron chi connectivity index (χ3n) is 6.29. The lowest BCUT2D eigenvalue weighted by molar-refractivity contribution is -0.115. The van der Waals surface area contributed by atoms with Gasteiger partial charge in [0.05, 0.1) is 34.3 Å². The number of carbonyl (C=O) groups excluding carboxylic acids is 1. The maximum Gasteiger partial charge on any atom is 0.228 e. The highest BCUT2D eigenvalue weighted by molar-refractivity contribution is 7.82. The van der Waals surface area contributed by atoms with Gasteiger partial charge in [-0.1, -0.05) is 12.1 Å². The molecule has 0 saturated carbocycles. The number of nitrogens with one attached hydrogen (secondary N) is 1. The van der Waals surface area contributed by atoms with Crippen molar-refractivity contribution in [1.82, 2.24) is 19.1 Å². The fourth-order valence-electron chi connectivity index (χ4n) is 4.17. The standard InChI is InChI=1S/C28H30FN5O3S/c1-18-11-19(12-27(35)32-21-14-31-34(17-21)28(2,3)4)5-8-25(18)37-26-9-10-30-24-7-6-22(13-23(24)26)38(36)33-15-20(29)16-33/h5-11,13-14,17,20H,12,15-16H2,1-4H3,(H,32,35). The Hall–Kier alpha value is -3.63. The van der Waals surface area contributed by atoms with Gasteiger partial charge in [-0.05, 0) is 69.2 Å². The van der Waals surface area contributed by atoms with Gasteiger partial charge in [0.25, 0.3) is 0 Å². The number of pyridine rings is 1. The average molecular weight is 536 g/mol. The molecule has 198 valence electrons. The average Bonchev–Trinajstić information content (AvgIpc) is 3.32. The predicted molar refractivity (Wildman–Crippen MR) is 145 cm³/mol. The van der Waals surface area contributed by atoms with Crippen molar-refractivity contribution in [3.05, 3.63) is 72.2 Å². The molecule has 1 aliphatic rings. The molecule has 4 aromatic rings. The Morgan fingerprint density at radius 2 is 1.95 bits per heavy atom. The van der Waals surface area contributed by atoms with Crippen LogP contribution in [0.4, 0.5) is 10.1 Å². The molecular formula is C28H30FN5O3S. The number of nitrogens with zero attached hydrogens (tertiary/aromatic N) is 4. The Morgan fingerprint density at radius 1 is 1.16 bits per heavy atom. The van der Waals surface area contributed by atoms with Crippen LogP contribution in [0, 0.1) is 6.92 Å². The number of carbonyl (C=O) groups is 1. The maximum absolute atomic E-state index is 13.2. The van der Waals surface area contributed by atoms with Gasteiger partial charge in [-0.2, -0.15) is 5.10 Å². The summed E-state index contributed by atoms with van der Waals surface area (Å²) in [6, 6.07) is 12.7. The number of ether oxygens (including phenoxy) is 1. The summed E-state index contributed by atoms with van der Waals surface area (Å²) >= 11 is 0. The number of fused-ring (bicyclic) bond motifs is 1. The predicted octanol–water partition coefficient (Wildman–Crippen LogP) is 5.14. The van der Waals surface area contributed by atoms with E-state index >= 15 is 0 Å². The number of amides is 1. The van der Waals surface area contributed by atoms with E-state index in [2.05, 4.69) is 15.4 Å². The number of anilines is 1. The molecule has 1 amide bonds. The Morgan fingerprint density at radius 3 is 2.63 bits per heavy atom. The number of benzene rings is 2. The van der Waals surface area contributed by atoms with Crippen molar-refractivity contribution in [2.24, 2.45) is 0 Å². The molecular weight excluding hydrogens is 505 g/mol. The van der Waals surface area contributed by atoms with Crippen LogP contribution in [0.1, 0.15) is 31.9 Å². The summed E-state index contributed by atoms with van der Waals surface area (Å²) in [5.41, 5.74) is 2.92. The first-order chi connectivity index (χ1) is 18.1. The molecule has 8 nitrogen and oxygen atoms in total. The van der Waals surface area contributed by atoms with Crippen molar-refractivity contribution in [2.75, 3.05) is 18.4 Å². The highest BCUT2D eigenvalue weighted by Crippen LogP contribution is 2.33. The summed E-state index contributed by atoms with van der Waals surface area (Å²) in [6.45, 7) is 8.40. The van der Waals surface area contributed by atoms with E-state index in [-0.39, 0.29) is 31.0 Å². The van der Waals surface area contributed by atoms with E-state index in [4.69, 9.17) is 4.74 Å². The van der Waals surface area contributed by atoms with E-state index in [1.165, 1.54) is 0 Å². The molecule has 2 aromatic heterocycles. The topological polar surface area (TPSA) is 89.4 Å². The molecule has 1 saturated heterocycles. The maximum atomic E-state index is 13.2. The number of aryl methyl sites for hydroxylation is 1. The molecule has 5 rings (SSSR count). The molecule has 1 aliphatic heterocycles. The van der Waals surface area contributed by atoms with Crippen LogP contribution in [-0.4, -0.2) is 48.4 Å². The fourth-order valence-corrected chi connectivity index (χ4v) is 5.47. The van der Waals surface area contributed by atoms with E-state index in [9.17, 15) is 13.4 Å². The van der Waals surface area contributed by atoms with Crippen LogP contribution < -0.4 is 10.1 Å². The normalized spacial score (nSPS) is 15.3. The highest BCUT2D eigenvalue weighted by atomic mass is 32.2. The van der Waals surface area contributed by atoms with Gasteiger partial charge in [0.1, 0.15) is 28.7 Å². The molecule has 0 spiro atoms. The minimum Gasteiger partial charge on any atom is -0.456 e. The summed E-state index contributed by atoms with van der Waals surface area (Å²) in [5, 5.41) is 7.93. The van der Waals surface area contributed by atoms with Gasteiger partial charge in [-0.3, -0.25) is 14.5 Å². The van der Waals surface area contributed by atoms with Gasteiger partial charge >= 0.3 is 0 Å². The van der Waals surface area contributed by atoms with Crippen molar-refractivity contribution in [3.8, 4) is 11.5 Å². The first kappa shape index (κ1) is 26.0. The minimum absolute atomic E-state index is 0.131. The lowest BCUT2D eigenvalue weighted by Gasteiger charge is -2.32. The van der Waals surface area contributed by atoms with Gasteiger partial charge in [0.15, 0.2) is 0 Å². The number of hydrogen-bond acceptors (Lipinski definition) is 5. The molecule has 1 fully saturated rings. The van der Waals surface area contributed by atoms with Crippen LogP contribution >= 0.6 is 0 Å². The van der Waals surface area contributed by atoms with E-state index in [1.54, 1.807) is 41.0 Å². The summed E-state index contributed by atoms with van der Waals surface area (Å²) < 4.78 is 35.7. The molecule has 2 aromatic carbocycles. The van der Waals surface area contributed by atoms with E-state index < -0.39 is 17.2 Å². The van der Waals surface area contributed by atoms with Crippen LogP contribution in [0.2, 0.25) is 0 Å². The summed E-state index contributed by atoms with van der Waals surface area (Å²) in [5.74, 6) is 1.08. The first-order valence-corrected chi connectivity index (χ1v) is 13.5. The molecule has 1 atom stereocenters. The quantitative estimate of drug-likeness (QED) is 0.354. The SMILES string of the molecule is Cc1cc(CC(=O)Nc2cnn(C(C)(C)C)c2)ccc1Oc1ccnc2ccc(S(=O)N3CC(F)C3)cc12. The van der Waals surface area contributed by atoms with Gasteiger partial charge in [0.2, 0.25) is 5.91 Å². The van der Waals surface area contributed by atoms with E-state index in [1.807, 2.05) is 56.8 Å². The third kappa shape index (κ3) is 5.61. The fraction of sp³-hybridized carbons (Fsp3) is 0.321.